The molecule has 2 saturated heterocycles. The molecule has 2 fully saturated rings. The van der Waals surface area contributed by atoms with Crippen molar-refractivity contribution in [2.75, 3.05) is 26.2 Å². The fraction of sp³-hybridized carbons (Fsp3) is 0.917. The molecule has 0 aromatic carbocycles. The minimum Gasteiger partial charge on any atom is -0.339 e. The van der Waals surface area contributed by atoms with Gasteiger partial charge in [-0.25, -0.2) is 0 Å². The molecule has 4 heteroatoms. The van der Waals surface area contributed by atoms with Crippen molar-refractivity contribution in [2.24, 2.45) is 5.73 Å². The van der Waals surface area contributed by atoms with Gasteiger partial charge in [-0.05, 0) is 32.6 Å². The minimum atomic E-state index is 0.270. The standard InChI is InChI=1S/C12H23N3O/c1-10-4-2-3-6-15(10)12(16)9-14-7-5-11(13)8-14/h10-11H,2-9,13H2,1H3/t10-,11+/m1/s1. The zero-order chi connectivity index (χ0) is 11.5. The lowest BCUT2D eigenvalue weighted by Crippen LogP contribution is -2.46. The second kappa shape index (κ2) is 5.15. The van der Waals surface area contributed by atoms with E-state index in [0.29, 0.717) is 18.5 Å². The van der Waals surface area contributed by atoms with Crippen LogP contribution in [0.5, 0.6) is 0 Å². The Morgan fingerprint density at radius 1 is 1.31 bits per heavy atom. The Kier molecular flexibility index (Phi) is 3.82. The van der Waals surface area contributed by atoms with Gasteiger partial charge in [-0.1, -0.05) is 0 Å². The Morgan fingerprint density at radius 2 is 2.12 bits per heavy atom. The predicted molar refractivity (Wildman–Crippen MR) is 64.1 cm³/mol. The van der Waals surface area contributed by atoms with E-state index in [1.165, 1.54) is 6.42 Å². The van der Waals surface area contributed by atoms with Crippen molar-refractivity contribution in [2.45, 2.75) is 44.7 Å². The molecule has 0 radical (unpaired) electrons. The average Bonchev–Trinajstić information content (AvgIpc) is 2.64. The number of amides is 1. The van der Waals surface area contributed by atoms with E-state index in [1.54, 1.807) is 0 Å². The highest BCUT2D eigenvalue weighted by atomic mass is 16.2. The molecule has 0 aromatic rings. The van der Waals surface area contributed by atoms with Gasteiger partial charge in [0.1, 0.15) is 0 Å². The first kappa shape index (κ1) is 11.9. The maximum Gasteiger partial charge on any atom is 0.236 e. The fourth-order valence-corrected chi connectivity index (χ4v) is 2.76. The molecule has 1 amide bonds. The lowest BCUT2D eigenvalue weighted by molar-refractivity contribution is -0.135. The molecule has 0 bridgehead atoms. The van der Waals surface area contributed by atoms with Crippen LogP contribution in [0, 0.1) is 0 Å². The van der Waals surface area contributed by atoms with Gasteiger partial charge >= 0.3 is 0 Å². The van der Waals surface area contributed by atoms with E-state index in [2.05, 4.69) is 11.8 Å². The van der Waals surface area contributed by atoms with Crippen molar-refractivity contribution in [3.8, 4) is 0 Å². The summed E-state index contributed by atoms with van der Waals surface area (Å²) in [6.07, 6.45) is 4.61. The maximum absolute atomic E-state index is 12.1. The zero-order valence-electron chi connectivity index (χ0n) is 10.2. The van der Waals surface area contributed by atoms with E-state index < -0.39 is 0 Å². The van der Waals surface area contributed by atoms with Crippen molar-refractivity contribution >= 4 is 5.91 Å². The average molecular weight is 225 g/mol. The van der Waals surface area contributed by atoms with Gasteiger partial charge in [0.15, 0.2) is 0 Å². The third kappa shape index (κ3) is 2.74. The molecule has 0 aliphatic carbocycles. The van der Waals surface area contributed by atoms with Crippen LogP contribution in [0.15, 0.2) is 0 Å². The molecule has 2 aliphatic heterocycles. The van der Waals surface area contributed by atoms with E-state index in [9.17, 15) is 4.79 Å². The summed E-state index contributed by atoms with van der Waals surface area (Å²) in [5.41, 5.74) is 5.84. The van der Waals surface area contributed by atoms with E-state index in [0.717, 1.165) is 38.9 Å². The first-order valence-corrected chi connectivity index (χ1v) is 6.44. The highest BCUT2D eigenvalue weighted by Gasteiger charge is 2.27. The summed E-state index contributed by atoms with van der Waals surface area (Å²) in [6.45, 7) is 5.54. The van der Waals surface area contributed by atoms with E-state index >= 15 is 0 Å². The second-order valence-electron chi connectivity index (χ2n) is 5.22. The number of nitrogens with two attached hydrogens (primary N) is 1. The number of piperidine rings is 1. The maximum atomic E-state index is 12.1. The van der Waals surface area contributed by atoms with Crippen molar-refractivity contribution in [3.63, 3.8) is 0 Å². The van der Waals surface area contributed by atoms with Gasteiger partial charge in [-0.2, -0.15) is 0 Å². The van der Waals surface area contributed by atoms with Crippen LogP contribution in [-0.4, -0.2) is 54.0 Å². The molecule has 92 valence electrons. The number of likely N-dealkylation sites (tertiary alicyclic amines) is 2. The highest BCUT2D eigenvalue weighted by Crippen LogP contribution is 2.17. The molecule has 2 heterocycles. The van der Waals surface area contributed by atoms with Crippen LogP contribution in [0.1, 0.15) is 32.6 Å². The van der Waals surface area contributed by atoms with Crippen LogP contribution in [0.25, 0.3) is 0 Å². The lowest BCUT2D eigenvalue weighted by Gasteiger charge is -2.34. The Bertz CT molecular complexity index is 257. The summed E-state index contributed by atoms with van der Waals surface area (Å²) in [5, 5.41) is 0. The highest BCUT2D eigenvalue weighted by molar-refractivity contribution is 5.78. The van der Waals surface area contributed by atoms with Gasteiger partial charge < -0.3 is 10.6 Å². The zero-order valence-corrected chi connectivity index (χ0v) is 10.2. The van der Waals surface area contributed by atoms with Crippen LogP contribution in [0.4, 0.5) is 0 Å². The molecule has 2 N–H and O–H groups in total. The van der Waals surface area contributed by atoms with Gasteiger partial charge in [0.05, 0.1) is 6.54 Å². The molecule has 0 spiro atoms. The Labute approximate surface area is 97.8 Å². The van der Waals surface area contributed by atoms with Crippen LogP contribution < -0.4 is 5.73 Å². The number of carbonyl (C=O) groups is 1. The largest absolute Gasteiger partial charge is 0.339 e. The molecule has 2 atom stereocenters. The van der Waals surface area contributed by atoms with E-state index in [-0.39, 0.29) is 6.04 Å². The van der Waals surface area contributed by atoms with Gasteiger partial charge in [0, 0.05) is 31.7 Å². The van der Waals surface area contributed by atoms with Crippen molar-refractivity contribution < 1.29 is 4.79 Å². The molecular weight excluding hydrogens is 202 g/mol. The SMILES string of the molecule is C[C@@H]1CCCCN1C(=O)CN1CC[C@H](N)C1. The molecular formula is C12H23N3O. The summed E-state index contributed by atoms with van der Waals surface area (Å²) in [5.74, 6) is 0.293. The van der Waals surface area contributed by atoms with E-state index in [4.69, 9.17) is 5.73 Å². The van der Waals surface area contributed by atoms with Crippen LogP contribution >= 0.6 is 0 Å². The summed E-state index contributed by atoms with van der Waals surface area (Å²) in [6, 6.07) is 0.698. The third-order valence-electron chi connectivity index (χ3n) is 3.79. The van der Waals surface area contributed by atoms with Crippen LogP contribution in [-0.2, 0) is 4.79 Å². The molecule has 2 aliphatic rings. The molecule has 0 aromatic heterocycles. The Morgan fingerprint density at radius 3 is 2.75 bits per heavy atom. The van der Waals surface area contributed by atoms with Crippen molar-refractivity contribution in [1.82, 2.24) is 9.80 Å². The summed E-state index contributed by atoms with van der Waals surface area (Å²) < 4.78 is 0. The summed E-state index contributed by atoms with van der Waals surface area (Å²) >= 11 is 0. The third-order valence-corrected chi connectivity index (χ3v) is 3.79. The minimum absolute atomic E-state index is 0.270. The fourth-order valence-electron chi connectivity index (χ4n) is 2.76. The van der Waals surface area contributed by atoms with Gasteiger partial charge in [-0.15, -0.1) is 0 Å². The smallest absolute Gasteiger partial charge is 0.236 e. The second-order valence-corrected chi connectivity index (χ2v) is 5.22. The van der Waals surface area contributed by atoms with Crippen LogP contribution in [0.3, 0.4) is 0 Å². The lowest BCUT2D eigenvalue weighted by atomic mass is 10.0. The number of hydrogen-bond acceptors (Lipinski definition) is 3. The van der Waals surface area contributed by atoms with Crippen molar-refractivity contribution in [1.29, 1.82) is 0 Å². The molecule has 4 nitrogen and oxygen atoms in total. The van der Waals surface area contributed by atoms with Gasteiger partial charge in [-0.3, -0.25) is 9.69 Å². The number of rotatable bonds is 2. The number of hydrogen-bond donors (Lipinski definition) is 1. The van der Waals surface area contributed by atoms with Crippen LogP contribution in [0.2, 0.25) is 0 Å². The normalized spacial score (nSPS) is 32.0. The molecule has 0 saturated carbocycles. The Balaban J connectivity index is 1.82. The molecule has 0 unspecified atom stereocenters. The van der Waals surface area contributed by atoms with Crippen molar-refractivity contribution in [3.05, 3.63) is 0 Å². The van der Waals surface area contributed by atoms with Gasteiger partial charge in [0.2, 0.25) is 5.91 Å². The summed E-state index contributed by atoms with van der Waals surface area (Å²) in [4.78, 5) is 16.4. The first-order valence-electron chi connectivity index (χ1n) is 6.44. The number of nitrogens with zero attached hydrogens (tertiary/aromatic N) is 2. The molecule has 2 rings (SSSR count). The predicted octanol–water partition coefficient (Wildman–Crippen LogP) is 0.420. The Hall–Kier alpha value is -0.610. The topological polar surface area (TPSA) is 49.6 Å². The van der Waals surface area contributed by atoms with E-state index in [1.807, 2.05) is 4.90 Å². The summed E-state index contributed by atoms with van der Waals surface area (Å²) in [7, 11) is 0. The first-order chi connectivity index (χ1) is 7.66. The molecule has 16 heavy (non-hydrogen) atoms. The van der Waals surface area contributed by atoms with Gasteiger partial charge in [0.25, 0.3) is 0 Å². The monoisotopic (exact) mass is 225 g/mol. The number of carbonyl (C=O) groups excluding carboxylic acids is 1. The quantitative estimate of drug-likeness (QED) is 0.741.